The van der Waals surface area contributed by atoms with E-state index in [4.69, 9.17) is 5.73 Å². The number of carbonyl (C=O) groups excluding carboxylic acids is 1. The Balaban J connectivity index is 0.00000180. The first-order valence-electron chi connectivity index (χ1n) is 6.85. The second-order valence-electron chi connectivity index (χ2n) is 5.22. The molecular formula is C15H23ClN2O. The first-order valence-corrected chi connectivity index (χ1v) is 6.85. The molecule has 1 amide bonds. The van der Waals surface area contributed by atoms with Crippen molar-refractivity contribution in [1.82, 2.24) is 5.32 Å². The summed E-state index contributed by atoms with van der Waals surface area (Å²) in [7, 11) is 0. The van der Waals surface area contributed by atoms with Crippen LogP contribution in [0.25, 0.3) is 0 Å². The fourth-order valence-corrected chi connectivity index (χ4v) is 2.62. The summed E-state index contributed by atoms with van der Waals surface area (Å²) < 4.78 is 0. The first kappa shape index (κ1) is 15.8. The molecule has 3 nitrogen and oxygen atoms in total. The standard InChI is InChI=1S/C15H22N2O.ClH/c1-2-11-3-9-14(10-4-11)17-15(18)12-5-7-13(16)8-6-12;/h5-8,11,14H,2-4,9-10,16H2,1H3,(H,17,18);1H. The molecule has 0 aliphatic heterocycles. The maximum absolute atomic E-state index is 12.0. The predicted octanol–water partition coefficient (Wildman–Crippen LogP) is 3.39. The van der Waals surface area contributed by atoms with E-state index in [2.05, 4.69) is 12.2 Å². The Hall–Kier alpha value is -1.22. The Labute approximate surface area is 121 Å². The largest absolute Gasteiger partial charge is 0.399 e. The lowest BCUT2D eigenvalue weighted by atomic mass is 9.84. The predicted molar refractivity (Wildman–Crippen MR) is 81.6 cm³/mol. The first-order chi connectivity index (χ1) is 8.69. The minimum atomic E-state index is 0. The van der Waals surface area contributed by atoms with Gasteiger partial charge in [0.15, 0.2) is 0 Å². The topological polar surface area (TPSA) is 55.1 Å². The van der Waals surface area contributed by atoms with E-state index in [9.17, 15) is 4.79 Å². The van der Waals surface area contributed by atoms with E-state index >= 15 is 0 Å². The van der Waals surface area contributed by atoms with Gasteiger partial charge in [0.05, 0.1) is 0 Å². The molecule has 1 aliphatic rings. The number of hydrogen-bond donors (Lipinski definition) is 2. The molecule has 0 bridgehead atoms. The number of amides is 1. The highest BCUT2D eigenvalue weighted by Gasteiger charge is 2.21. The normalized spacial score (nSPS) is 22.4. The van der Waals surface area contributed by atoms with Crippen molar-refractivity contribution in [1.29, 1.82) is 0 Å². The van der Waals surface area contributed by atoms with Crippen molar-refractivity contribution in [3.05, 3.63) is 29.8 Å². The Kier molecular flexibility index (Phi) is 6.16. The molecule has 0 unspecified atom stereocenters. The number of carbonyl (C=O) groups is 1. The van der Waals surface area contributed by atoms with Crippen LogP contribution in [0.4, 0.5) is 5.69 Å². The summed E-state index contributed by atoms with van der Waals surface area (Å²) in [4.78, 5) is 12.0. The number of nitrogens with two attached hydrogens (primary N) is 1. The van der Waals surface area contributed by atoms with E-state index in [1.54, 1.807) is 24.3 Å². The number of halogens is 1. The summed E-state index contributed by atoms with van der Waals surface area (Å²) in [5.74, 6) is 0.879. The van der Waals surface area contributed by atoms with Gasteiger partial charge in [-0.15, -0.1) is 12.4 Å². The number of rotatable bonds is 3. The summed E-state index contributed by atoms with van der Waals surface area (Å²) in [5.41, 5.74) is 7.00. The molecule has 0 radical (unpaired) electrons. The summed E-state index contributed by atoms with van der Waals surface area (Å²) >= 11 is 0. The lowest BCUT2D eigenvalue weighted by Crippen LogP contribution is -2.37. The molecule has 0 spiro atoms. The SMILES string of the molecule is CCC1CCC(NC(=O)c2ccc(N)cc2)CC1.Cl. The van der Waals surface area contributed by atoms with E-state index in [-0.39, 0.29) is 18.3 Å². The van der Waals surface area contributed by atoms with Crippen molar-refractivity contribution in [3.8, 4) is 0 Å². The zero-order valence-corrected chi connectivity index (χ0v) is 12.2. The molecule has 1 aromatic carbocycles. The van der Waals surface area contributed by atoms with Gasteiger partial charge in [0.1, 0.15) is 0 Å². The lowest BCUT2D eigenvalue weighted by Gasteiger charge is -2.28. The van der Waals surface area contributed by atoms with Crippen LogP contribution in [-0.2, 0) is 0 Å². The number of nitrogen functional groups attached to an aromatic ring is 1. The third-order valence-corrected chi connectivity index (χ3v) is 3.93. The molecule has 1 saturated carbocycles. The van der Waals surface area contributed by atoms with Crippen molar-refractivity contribution < 1.29 is 4.79 Å². The van der Waals surface area contributed by atoms with Crippen LogP contribution in [0.3, 0.4) is 0 Å². The quantitative estimate of drug-likeness (QED) is 0.835. The maximum Gasteiger partial charge on any atom is 0.251 e. The zero-order chi connectivity index (χ0) is 13.0. The van der Waals surface area contributed by atoms with Crippen molar-refractivity contribution in [2.75, 3.05) is 5.73 Å². The smallest absolute Gasteiger partial charge is 0.251 e. The Morgan fingerprint density at radius 1 is 1.21 bits per heavy atom. The fraction of sp³-hybridized carbons (Fsp3) is 0.533. The Morgan fingerprint density at radius 2 is 1.79 bits per heavy atom. The average molecular weight is 283 g/mol. The van der Waals surface area contributed by atoms with Crippen LogP contribution in [0.15, 0.2) is 24.3 Å². The van der Waals surface area contributed by atoms with Gasteiger partial charge >= 0.3 is 0 Å². The summed E-state index contributed by atoms with van der Waals surface area (Å²) in [5, 5.41) is 3.12. The van der Waals surface area contributed by atoms with Crippen molar-refractivity contribution in [2.45, 2.75) is 45.1 Å². The molecule has 3 N–H and O–H groups in total. The molecule has 4 heteroatoms. The minimum absolute atomic E-state index is 0. The summed E-state index contributed by atoms with van der Waals surface area (Å²) in [6.45, 7) is 2.25. The van der Waals surface area contributed by atoms with Gasteiger partial charge in [-0.1, -0.05) is 13.3 Å². The third kappa shape index (κ3) is 4.43. The second-order valence-corrected chi connectivity index (χ2v) is 5.22. The van der Waals surface area contributed by atoms with E-state index < -0.39 is 0 Å². The molecule has 106 valence electrons. The van der Waals surface area contributed by atoms with Crippen LogP contribution >= 0.6 is 12.4 Å². The van der Waals surface area contributed by atoms with Gasteiger partial charge in [-0.25, -0.2) is 0 Å². The molecular weight excluding hydrogens is 260 g/mol. The van der Waals surface area contributed by atoms with Gasteiger partial charge in [-0.3, -0.25) is 4.79 Å². The molecule has 0 saturated heterocycles. The average Bonchev–Trinajstić information content (AvgIpc) is 2.40. The van der Waals surface area contributed by atoms with Crippen LogP contribution in [0.5, 0.6) is 0 Å². The van der Waals surface area contributed by atoms with E-state index in [0.717, 1.165) is 18.8 Å². The fourth-order valence-electron chi connectivity index (χ4n) is 2.62. The zero-order valence-electron chi connectivity index (χ0n) is 11.4. The van der Waals surface area contributed by atoms with Crippen LogP contribution < -0.4 is 11.1 Å². The third-order valence-electron chi connectivity index (χ3n) is 3.93. The van der Waals surface area contributed by atoms with Gasteiger partial charge in [-0.05, 0) is 55.9 Å². The highest BCUT2D eigenvalue weighted by molar-refractivity contribution is 5.94. The Bertz CT molecular complexity index is 397. The van der Waals surface area contributed by atoms with Crippen molar-refractivity contribution >= 4 is 24.0 Å². The lowest BCUT2D eigenvalue weighted by molar-refractivity contribution is 0.0921. The summed E-state index contributed by atoms with van der Waals surface area (Å²) in [6.07, 6.45) is 5.96. The molecule has 19 heavy (non-hydrogen) atoms. The van der Waals surface area contributed by atoms with Crippen molar-refractivity contribution in [2.24, 2.45) is 5.92 Å². The number of nitrogens with one attached hydrogen (secondary N) is 1. The highest BCUT2D eigenvalue weighted by atomic mass is 35.5. The van der Waals surface area contributed by atoms with Gasteiger partial charge in [0.25, 0.3) is 5.91 Å². The number of benzene rings is 1. The second kappa shape index (κ2) is 7.39. The Morgan fingerprint density at radius 3 is 2.32 bits per heavy atom. The number of hydrogen-bond acceptors (Lipinski definition) is 2. The highest BCUT2D eigenvalue weighted by Crippen LogP contribution is 2.26. The van der Waals surface area contributed by atoms with Gasteiger partial charge in [-0.2, -0.15) is 0 Å². The van der Waals surface area contributed by atoms with Gasteiger partial charge < -0.3 is 11.1 Å². The monoisotopic (exact) mass is 282 g/mol. The van der Waals surface area contributed by atoms with Crippen molar-refractivity contribution in [3.63, 3.8) is 0 Å². The van der Waals surface area contributed by atoms with Crippen LogP contribution in [0.2, 0.25) is 0 Å². The molecule has 2 rings (SSSR count). The molecule has 1 fully saturated rings. The minimum Gasteiger partial charge on any atom is -0.399 e. The molecule has 0 aromatic heterocycles. The van der Waals surface area contributed by atoms with Crippen LogP contribution in [-0.4, -0.2) is 11.9 Å². The van der Waals surface area contributed by atoms with Crippen LogP contribution in [0, 0.1) is 5.92 Å². The molecule has 1 aromatic rings. The number of anilines is 1. The van der Waals surface area contributed by atoms with E-state index in [1.165, 1.54) is 19.3 Å². The summed E-state index contributed by atoms with van der Waals surface area (Å²) in [6, 6.07) is 7.44. The van der Waals surface area contributed by atoms with Gasteiger partial charge in [0, 0.05) is 17.3 Å². The van der Waals surface area contributed by atoms with E-state index in [1.807, 2.05) is 0 Å². The maximum atomic E-state index is 12.0. The van der Waals surface area contributed by atoms with E-state index in [0.29, 0.717) is 17.3 Å². The van der Waals surface area contributed by atoms with Gasteiger partial charge in [0.2, 0.25) is 0 Å². The molecule has 0 heterocycles. The van der Waals surface area contributed by atoms with Crippen LogP contribution in [0.1, 0.15) is 49.4 Å². The molecule has 1 aliphatic carbocycles. The molecule has 0 atom stereocenters.